The predicted octanol–water partition coefficient (Wildman–Crippen LogP) is 17.8. The van der Waals surface area contributed by atoms with Gasteiger partial charge in [-0.05, 0) is 119 Å². The van der Waals surface area contributed by atoms with Gasteiger partial charge in [0, 0.05) is 26.9 Å². The van der Waals surface area contributed by atoms with Crippen LogP contribution in [0.2, 0.25) is 0 Å². The Morgan fingerprint density at radius 3 is 2.03 bits per heavy atom. The summed E-state index contributed by atoms with van der Waals surface area (Å²) in [5.74, 6) is 0.370. The van der Waals surface area contributed by atoms with Gasteiger partial charge < -0.3 is 4.90 Å². The summed E-state index contributed by atoms with van der Waals surface area (Å²) >= 11 is 1.91. The number of rotatable bonds is 12. The fourth-order valence-electron chi connectivity index (χ4n) is 9.15. The number of aryl methyl sites for hydroxylation is 1. The van der Waals surface area contributed by atoms with E-state index in [1.807, 2.05) is 68.5 Å². The van der Waals surface area contributed by atoms with Crippen LogP contribution in [0.25, 0.3) is 27.3 Å². The molecule has 0 bridgehead atoms. The van der Waals surface area contributed by atoms with Crippen molar-refractivity contribution in [1.29, 1.82) is 0 Å². The normalized spacial score (nSPS) is 13.8. The van der Waals surface area contributed by atoms with Crippen molar-refractivity contribution in [3.8, 4) is 11.1 Å². The van der Waals surface area contributed by atoms with Crippen molar-refractivity contribution in [3.63, 3.8) is 0 Å². The first kappa shape index (κ1) is 45.3. The monoisotopic (exact) mass is 851 g/mol. The quantitative estimate of drug-likeness (QED) is 0.111. The Labute approximate surface area is 387 Å². The average Bonchev–Trinajstić information content (AvgIpc) is 4.04. The average molecular weight is 852 g/mol. The van der Waals surface area contributed by atoms with Gasteiger partial charge in [-0.2, -0.15) is 0 Å². The second-order valence-electron chi connectivity index (χ2n) is 16.1. The number of benzene rings is 6. The molecule has 0 spiro atoms. The van der Waals surface area contributed by atoms with Gasteiger partial charge >= 0.3 is 0 Å². The lowest BCUT2D eigenvalue weighted by Gasteiger charge is -2.35. The van der Waals surface area contributed by atoms with Gasteiger partial charge in [-0.25, -0.2) is 0 Å². The zero-order valence-electron chi connectivity index (χ0n) is 38.4. The maximum atomic E-state index is 4.37. The van der Waals surface area contributed by atoms with Crippen molar-refractivity contribution in [2.75, 3.05) is 4.90 Å². The van der Waals surface area contributed by atoms with E-state index in [1.54, 1.807) is 0 Å². The van der Waals surface area contributed by atoms with Crippen LogP contribution < -0.4 is 4.90 Å². The molecule has 0 N–H and O–H groups in total. The fourth-order valence-corrected chi connectivity index (χ4v) is 10.3. The molecule has 9 rings (SSSR count). The van der Waals surface area contributed by atoms with E-state index in [-0.39, 0.29) is 0 Å². The first-order valence-electron chi connectivity index (χ1n) is 22.8. The third kappa shape index (κ3) is 8.89. The van der Waals surface area contributed by atoms with E-state index < -0.39 is 5.41 Å². The molecule has 2 heteroatoms. The van der Waals surface area contributed by atoms with Gasteiger partial charge in [0.1, 0.15) is 0 Å². The Hall–Kier alpha value is -6.74. The second kappa shape index (κ2) is 21.1. The molecule has 2 aliphatic carbocycles. The highest BCUT2D eigenvalue weighted by molar-refractivity contribution is 7.20. The number of hydrogen-bond donors (Lipinski definition) is 0. The van der Waals surface area contributed by atoms with Crippen LogP contribution in [0, 0.1) is 6.92 Å². The summed E-state index contributed by atoms with van der Waals surface area (Å²) < 4.78 is 1.33. The smallest absolute Gasteiger partial charge is 0.0714 e. The minimum absolute atomic E-state index is 0.370. The molecule has 7 aromatic rings. The SMILES string of the molecule is C=C/C=C(\C=C/C)C(=C)/C=C\C=C/N(c1ccc2c(c1)C(c1ccccc1)(c1ccccc1)c1ccccc1-2)c1c(C(C)CC)ccc2sc3c(c12)CC=C3.CC.Cc1ccccc1. The van der Waals surface area contributed by atoms with E-state index >= 15 is 0 Å². The molecule has 1 aromatic heterocycles. The summed E-state index contributed by atoms with van der Waals surface area (Å²) in [4.78, 5) is 3.85. The van der Waals surface area contributed by atoms with Crippen molar-refractivity contribution in [2.24, 2.45) is 0 Å². The molecule has 1 unspecified atom stereocenters. The molecule has 6 aromatic carbocycles. The Morgan fingerprint density at radius 2 is 1.41 bits per heavy atom. The predicted molar refractivity (Wildman–Crippen MR) is 282 cm³/mol. The van der Waals surface area contributed by atoms with Crippen molar-refractivity contribution in [3.05, 3.63) is 269 Å². The van der Waals surface area contributed by atoms with E-state index in [0.717, 1.165) is 29.7 Å². The topological polar surface area (TPSA) is 3.24 Å². The third-order valence-corrected chi connectivity index (χ3v) is 13.4. The van der Waals surface area contributed by atoms with Crippen LogP contribution in [0.15, 0.2) is 225 Å². The van der Waals surface area contributed by atoms with Crippen molar-refractivity contribution >= 4 is 38.9 Å². The number of allylic oxidation sites excluding steroid dienone is 10. The lowest BCUT2D eigenvalue weighted by molar-refractivity contribution is 0.734. The maximum absolute atomic E-state index is 4.37. The van der Waals surface area contributed by atoms with Gasteiger partial charge in [-0.3, -0.25) is 0 Å². The minimum Gasteiger partial charge on any atom is -0.316 e. The Kier molecular flexibility index (Phi) is 14.9. The summed E-state index contributed by atoms with van der Waals surface area (Å²) in [7, 11) is 0. The highest BCUT2D eigenvalue weighted by atomic mass is 32.1. The van der Waals surface area contributed by atoms with Crippen LogP contribution in [-0.2, 0) is 11.8 Å². The van der Waals surface area contributed by atoms with Gasteiger partial charge in [0.2, 0.25) is 0 Å². The van der Waals surface area contributed by atoms with Crippen LogP contribution in [-0.4, -0.2) is 0 Å². The van der Waals surface area contributed by atoms with E-state index in [0.29, 0.717) is 5.92 Å². The molecule has 0 saturated carbocycles. The van der Waals surface area contributed by atoms with Gasteiger partial charge in [-0.1, -0.05) is 216 Å². The standard InChI is InChI=1S/C53H47NS.C7H8.C2H6/c1-6-20-39(21-7-2)38(5)22-17-18-35-54(52-43(37(4)8-3)33-34-50-51(52)46-28-19-30-49(46)55-50)42-31-32-45-44-27-15-16-29-47(44)53(48(45)36-42,40-23-11-9-12-24-40)41-25-13-10-14-26-41;1-7-5-3-2-4-6-7;1-2/h6-7,9-27,29-37H,1,5,8,28H2,2-4H3;2-6H,1H3;1-2H3/b21-7-,22-17-,35-18-,39-20+;;. The molecule has 64 heavy (non-hydrogen) atoms. The summed E-state index contributed by atoms with van der Waals surface area (Å²) in [6.07, 6.45) is 23.2. The molecule has 1 nitrogen and oxygen atoms in total. The molecule has 0 fully saturated rings. The van der Waals surface area contributed by atoms with Crippen molar-refractivity contribution < 1.29 is 0 Å². The second-order valence-corrected chi connectivity index (χ2v) is 17.2. The molecular formula is C62H61NS. The van der Waals surface area contributed by atoms with Gasteiger partial charge in [0.25, 0.3) is 0 Å². The molecule has 0 saturated heterocycles. The molecule has 1 atom stereocenters. The highest BCUT2D eigenvalue weighted by Gasteiger charge is 2.46. The van der Waals surface area contributed by atoms with Crippen molar-refractivity contribution in [1.82, 2.24) is 0 Å². The summed E-state index contributed by atoms with van der Waals surface area (Å²) in [6.45, 7) is 21.1. The molecule has 0 amide bonds. The van der Waals surface area contributed by atoms with Crippen LogP contribution in [0.5, 0.6) is 0 Å². The minimum atomic E-state index is -0.489. The number of fused-ring (bicyclic) bond motifs is 6. The van der Waals surface area contributed by atoms with E-state index in [1.165, 1.54) is 70.7 Å². The molecule has 0 aliphatic heterocycles. The summed E-state index contributed by atoms with van der Waals surface area (Å²) in [5, 5.41) is 1.37. The zero-order valence-corrected chi connectivity index (χ0v) is 39.2. The van der Waals surface area contributed by atoms with Gasteiger partial charge in [-0.15, -0.1) is 11.3 Å². The highest BCUT2D eigenvalue weighted by Crippen LogP contribution is 2.57. The number of hydrogen-bond acceptors (Lipinski definition) is 2. The summed E-state index contributed by atoms with van der Waals surface area (Å²) in [6, 6.07) is 53.3. The van der Waals surface area contributed by atoms with Crippen LogP contribution in [0.4, 0.5) is 11.4 Å². The third-order valence-electron chi connectivity index (χ3n) is 12.3. The fraction of sp³-hybridized carbons (Fsp3) is 0.161. The molecule has 0 radical (unpaired) electrons. The molecule has 320 valence electrons. The Morgan fingerprint density at radius 1 is 0.766 bits per heavy atom. The first-order chi connectivity index (χ1) is 31.4. The number of anilines is 2. The number of thiophene rings is 1. The van der Waals surface area contributed by atoms with E-state index in [4.69, 9.17) is 0 Å². The largest absolute Gasteiger partial charge is 0.316 e. The van der Waals surface area contributed by atoms with E-state index in [2.05, 4.69) is 209 Å². The lowest BCUT2D eigenvalue weighted by atomic mass is 9.67. The van der Waals surface area contributed by atoms with Crippen molar-refractivity contribution in [2.45, 2.75) is 65.7 Å². The molecule has 2 aliphatic rings. The van der Waals surface area contributed by atoms with Gasteiger partial charge in [0.05, 0.1) is 11.1 Å². The first-order valence-corrected chi connectivity index (χ1v) is 23.6. The van der Waals surface area contributed by atoms with Crippen LogP contribution in [0.1, 0.15) is 90.8 Å². The maximum Gasteiger partial charge on any atom is 0.0714 e. The Bertz CT molecular complexity index is 2820. The number of nitrogens with zero attached hydrogens (tertiary/aromatic N) is 1. The molecule has 1 heterocycles. The molecular weight excluding hydrogens is 791 g/mol. The lowest BCUT2D eigenvalue weighted by Crippen LogP contribution is -2.28. The van der Waals surface area contributed by atoms with Crippen LogP contribution >= 0.6 is 11.3 Å². The zero-order chi connectivity index (χ0) is 45.1. The van der Waals surface area contributed by atoms with Gasteiger partial charge in [0.15, 0.2) is 0 Å². The van der Waals surface area contributed by atoms with Crippen LogP contribution in [0.3, 0.4) is 0 Å². The summed E-state index contributed by atoms with van der Waals surface area (Å²) in [5.41, 5.74) is 15.7. The Balaban J connectivity index is 0.000000615. The van der Waals surface area contributed by atoms with E-state index in [9.17, 15) is 0 Å².